The Bertz CT molecular complexity index is 386. The second kappa shape index (κ2) is 5.86. The van der Waals surface area contributed by atoms with Crippen LogP contribution in [0.4, 0.5) is 5.69 Å². The maximum Gasteiger partial charge on any atom is 0.232 e. The molecule has 1 rings (SSSR count). The first kappa shape index (κ1) is 13.0. The number of hydrogen-bond donors (Lipinski definition) is 3. The van der Waals surface area contributed by atoms with E-state index in [4.69, 9.17) is 0 Å². The van der Waals surface area contributed by atoms with Crippen molar-refractivity contribution in [2.45, 2.75) is 26.3 Å². The zero-order chi connectivity index (χ0) is 12.0. The highest BCUT2D eigenvalue weighted by molar-refractivity contribution is 7.92. The molecule has 0 fully saturated rings. The Morgan fingerprint density at radius 3 is 2.81 bits per heavy atom. The molecule has 0 aliphatic carbocycles. The molecule has 16 heavy (non-hydrogen) atoms. The average Bonchev–Trinajstić information content (AvgIpc) is 2.64. The Kier molecular flexibility index (Phi) is 4.75. The molecule has 1 aromatic heterocycles. The van der Waals surface area contributed by atoms with Crippen LogP contribution in [0, 0.1) is 0 Å². The number of rotatable bonds is 7. The average molecular weight is 246 g/mol. The standard InChI is InChI=1S/C9H18N4O2S/c1-8(2)10-4-3-5-16(14,15)13-9-6-11-12-7-9/h6-8,10,13H,3-5H2,1-2H3,(H,11,12). The summed E-state index contributed by atoms with van der Waals surface area (Å²) in [7, 11) is -3.25. The first-order valence-electron chi connectivity index (χ1n) is 5.22. The lowest BCUT2D eigenvalue weighted by atomic mass is 10.4. The van der Waals surface area contributed by atoms with E-state index in [-0.39, 0.29) is 5.75 Å². The molecule has 0 atom stereocenters. The number of nitrogens with one attached hydrogen (secondary N) is 3. The van der Waals surface area contributed by atoms with Gasteiger partial charge in [-0.2, -0.15) is 5.10 Å². The fourth-order valence-electron chi connectivity index (χ4n) is 1.19. The monoisotopic (exact) mass is 246 g/mol. The molecular formula is C9H18N4O2S. The summed E-state index contributed by atoms with van der Waals surface area (Å²) in [6, 6.07) is 0.379. The predicted molar refractivity (Wildman–Crippen MR) is 63.8 cm³/mol. The molecule has 0 saturated heterocycles. The van der Waals surface area contributed by atoms with Crippen LogP contribution in [0.5, 0.6) is 0 Å². The van der Waals surface area contributed by atoms with Crippen molar-refractivity contribution < 1.29 is 8.42 Å². The maximum absolute atomic E-state index is 11.6. The normalized spacial score (nSPS) is 11.9. The summed E-state index contributed by atoms with van der Waals surface area (Å²) in [5, 5.41) is 9.37. The van der Waals surface area contributed by atoms with Crippen molar-refractivity contribution in [1.29, 1.82) is 0 Å². The van der Waals surface area contributed by atoms with Crippen LogP contribution in [0.25, 0.3) is 0 Å². The number of nitrogens with zero attached hydrogens (tertiary/aromatic N) is 1. The van der Waals surface area contributed by atoms with E-state index < -0.39 is 10.0 Å². The number of anilines is 1. The van der Waals surface area contributed by atoms with Gasteiger partial charge in [-0.25, -0.2) is 8.42 Å². The summed E-state index contributed by atoms with van der Waals surface area (Å²) in [4.78, 5) is 0. The lowest BCUT2D eigenvalue weighted by Gasteiger charge is -2.08. The van der Waals surface area contributed by atoms with E-state index in [2.05, 4.69) is 20.2 Å². The van der Waals surface area contributed by atoms with E-state index in [1.807, 2.05) is 13.8 Å². The molecule has 0 amide bonds. The van der Waals surface area contributed by atoms with Crippen LogP contribution in [0.2, 0.25) is 0 Å². The number of sulfonamides is 1. The van der Waals surface area contributed by atoms with Crippen LogP contribution in [-0.2, 0) is 10.0 Å². The minimum atomic E-state index is -3.25. The van der Waals surface area contributed by atoms with Gasteiger partial charge in [0.25, 0.3) is 0 Å². The summed E-state index contributed by atoms with van der Waals surface area (Å²) >= 11 is 0. The number of H-pyrrole nitrogens is 1. The molecular weight excluding hydrogens is 228 g/mol. The van der Waals surface area contributed by atoms with Crippen LogP contribution in [-0.4, -0.2) is 37.0 Å². The largest absolute Gasteiger partial charge is 0.314 e. The van der Waals surface area contributed by atoms with E-state index in [9.17, 15) is 8.42 Å². The van der Waals surface area contributed by atoms with E-state index in [1.54, 1.807) is 0 Å². The summed E-state index contributed by atoms with van der Waals surface area (Å²) in [5.74, 6) is 0.109. The lowest BCUT2D eigenvalue weighted by Crippen LogP contribution is -2.26. The molecule has 0 radical (unpaired) electrons. The minimum absolute atomic E-state index is 0.109. The number of hydrogen-bond acceptors (Lipinski definition) is 4. The molecule has 92 valence electrons. The zero-order valence-electron chi connectivity index (χ0n) is 9.53. The maximum atomic E-state index is 11.6. The fourth-order valence-corrected chi connectivity index (χ4v) is 2.29. The molecule has 1 heterocycles. The molecule has 0 aliphatic heterocycles. The van der Waals surface area contributed by atoms with E-state index in [1.165, 1.54) is 12.4 Å². The van der Waals surface area contributed by atoms with Crippen molar-refractivity contribution in [3.63, 3.8) is 0 Å². The van der Waals surface area contributed by atoms with Gasteiger partial charge in [-0.1, -0.05) is 13.8 Å². The van der Waals surface area contributed by atoms with Gasteiger partial charge in [-0.05, 0) is 13.0 Å². The topological polar surface area (TPSA) is 86.9 Å². The first-order valence-corrected chi connectivity index (χ1v) is 6.87. The second-order valence-electron chi connectivity index (χ2n) is 3.87. The highest BCUT2D eigenvalue weighted by atomic mass is 32.2. The Labute approximate surface area is 95.9 Å². The van der Waals surface area contributed by atoms with Crippen molar-refractivity contribution in [3.8, 4) is 0 Å². The Morgan fingerprint density at radius 1 is 1.50 bits per heavy atom. The van der Waals surface area contributed by atoms with E-state index in [0.29, 0.717) is 24.7 Å². The highest BCUT2D eigenvalue weighted by Gasteiger charge is 2.10. The molecule has 0 unspecified atom stereocenters. The third kappa shape index (κ3) is 5.13. The van der Waals surface area contributed by atoms with E-state index >= 15 is 0 Å². The third-order valence-corrected chi connectivity index (χ3v) is 3.29. The van der Waals surface area contributed by atoms with Gasteiger partial charge in [0.15, 0.2) is 0 Å². The van der Waals surface area contributed by atoms with Gasteiger partial charge in [0, 0.05) is 12.2 Å². The van der Waals surface area contributed by atoms with E-state index in [0.717, 1.165) is 0 Å². The summed E-state index contributed by atoms with van der Waals surface area (Å²) in [5.41, 5.74) is 0.469. The van der Waals surface area contributed by atoms with Gasteiger partial charge < -0.3 is 5.32 Å². The van der Waals surface area contributed by atoms with Crippen molar-refractivity contribution in [3.05, 3.63) is 12.4 Å². The van der Waals surface area contributed by atoms with Crippen LogP contribution in [0.1, 0.15) is 20.3 Å². The van der Waals surface area contributed by atoms with Gasteiger partial charge in [0.05, 0.1) is 17.6 Å². The quantitative estimate of drug-likeness (QED) is 0.613. The first-order chi connectivity index (χ1) is 7.49. The number of aromatic nitrogens is 2. The van der Waals surface area contributed by atoms with Gasteiger partial charge in [0.2, 0.25) is 10.0 Å². The third-order valence-electron chi connectivity index (χ3n) is 1.91. The van der Waals surface area contributed by atoms with Gasteiger partial charge in [-0.15, -0.1) is 0 Å². The Morgan fingerprint density at radius 2 is 2.25 bits per heavy atom. The van der Waals surface area contributed by atoms with Crippen molar-refractivity contribution in [2.24, 2.45) is 0 Å². The van der Waals surface area contributed by atoms with Crippen LogP contribution < -0.4 is 10.0 Å². The summed E-state index contributed by atoms with van der Waals surface area (Å²) in [6.07, 6.45) is 3.53. The van der Waals surface area contributed by atoms with Crippen LogP contribution in [0.15, 0.2) is 12.4 Å². The molecule has 0 aromatic carbocycles. The van der Waals surface area contributed by atoms with Gasteiger partial charge >= 0.3 is 0 Å². The SMILES string of the molecule is CC(C)NCCCS(=O)(=O)Nc1cn[nH]c1. The van der Waals surface area contributed by atoms with Gasteiger partial charge in [0.1, 0.15) is 0 Å². The second-order valence-corrected chi connectivity index (χ2v) is 5.71. The van der Waals surface area contributed by atoms with Crippen molar-refractivity contribution in [2.75, 3.05) is 17.0 Å². The molecule has 3 N–H and O–H groups in total. The highest BCUT2D eigenvalue weighted by Crippen LogP contribution is 2.05. The molecule has 0 saturated carbocycles. The summed E-state index contributed by atoms with van der Waals surface area (Å²) in [6.45, 7) is 4.75. The zero-order valence-corrected chi connectivity index (χ0v) is 10.3. The number of aromatic amines is 1. The fraction of sp³-hybridized carbons (Fsp3) is 0.667. The predicted octanol–water partition coefficient (Wildman–Crippen LogP) is 0.539. The molecule has 0 spiro atoms. The molecule has 7 heteroatoms. The summed E-state index contributed by atoms with van der Waals surface area (Å²) < 4.78 is 25.6. The lowest BCUT2D eigenvalue weighted by molar-refractivity contribution is 0.571. The van der Waals surface area contributed by atoms with Gasteiger partial charge in [-0.3, -0.25) is 9.82 Å². The molecule has 1 aromatic rings. The van der Waals surface area contributed by atoms with Crippen LogP contribution in [0.3, 0.4) is 0 Å². The Balaban J connectivity index is 2.30. The van der Waals surface area contributed by atoms with Crippen molar-refractivity contribution >= 4 is 15.7 Å². The van der Waals surface area contributed by atoms with Crippen molar-refractivity contribution in [1.82, 2.24) is 15.5 Å². The molecule has 6 nitrogen and oxygen atoms in total. The Hall–Kier alpha value is -1.08. The minimum Gasteiger partial charge on any atom is -0.314 e. The molecule has 0 aliphatic rings. The molecule has 0 bridgehead atoms. The van der Waals surface area contributed by atoms with Crippen LogP contribution >= 0.6 is 0 Å². The smallest absolute Gasteiger partial charge is 0.232 e.